The molecule has 0 spiro atoms. The predicted octanol–water partition coefficient (Wildman–Crippen LogP) is 3.04. The number of hydrogen-bond donors (Lipinski definition) is 2. The van der Waals surface area contributed by atoms with Crippen LogP contribution in [0.1, 0.15) is 35.7 Å². The Hall–Kier alpha value is -3.06. The Kier molecular flexibility index (Phi) is 7.30. The van der Waals surface area contributed by atoms with Crippen LogP contribution in [-0.4, -0.2) is 43.5 Å². The van der Waals surface area contributed by atoms with Gasteiger partial charge in [-0.05, 0) is 62.2 Å². The summed E-state index contributed by atoms with van der Waals surface area (Å²) in [6.07, 6.45) is 1.85. The third-order valence-corrected chi connectivity index (χ3v) is 5.25. The molecule has 0 aromatic heterocycles. The molecule has 0 saturated carbocycles. The number of nitrogens with two attached hydrogens (primary N) is 1. The highest BCUT2D eigenvalue weighted by Crippen LogP contribution is 2.28. The van der Waals surface area contributed by atoms with Crippen molar-refractivity contribution in [3.8, 4) is 11.5 Å². The van der Waals surface area contributed by atoms with Crippen LogP contribution in [0.5, 0.6) is 11.5 Å². The number of nitrogens with one attached hydrogen (secondary N) is 1. The quantitative estimate of drug-likeness (QED) is 0.696. The van der Waals surface area contributed by atoms with Gasteiger partial charge in [0, 0.05) is 24.3 Å². The van der Waals surface area contributed by atoms with Crippen LogP contribution in [-0.2, 0) is 11.3 Å². The van der Waals surface area contributed by atoms with Crippen molar-refractivity contribution in [3.63, 3.8) is 0 Å². The van der Waals surface area contributed by atoms with Gasteiger partial charge in [0.1, 0.15) is 0 Å². The predicted molar refractivity (Wildman–Crippen MR) is 116 cm³/mol. The highest BCUT2D eigenvalue weighted by atomic mass is 16.5. The lowest BCUT2D eigenvalue weighted by Crippen LogP contribution is -2.40. The third kappa shape index (κ3) is 5.51. The molecular weight excluding hydrogens is 382 g/mol. The van der Waals surface area contributed by atoms with Crippen LogP contribution in [0.15, 0.2) is 42.5 Å². The lowest BCUT2D eigenvalue weighted by Gasteiger charge is -2.31. The van der Waals surface area contributed by atoms with Gasteiger partial charge in [0.2, 0.25) is 5.91 Å². The van der Waals surface area contributed by atoms with Gasteiger partial charge in [-0.2, -0.15) is 0 Å². The molecule has 0 aliphatic carbocycles. The zero-order valence-corrected chi connectivity index (χ0v) is 17.5. The Morgan fingerprint density at radius 1 is 1.17 bits per heavy atom. The maximum absolute atomic E-state index is 12.6. The number of likely N-dealkylation sites (tertiary alicyclic amines) is 1. The largest absolute Gasteiger partial charge is 0.493 e. The zero-order chi connectivity index (χ0) is 21.5. The molecule has 7 nitrogen and oxygen atoms in total. The smallest absolute Gasteiger partial charge is 0.255 e. The van der Waals surface area contributed by atoms with Gasteiger partial charge in [0.15, 0.2) is 11.5 Å². The summed E-state index contributed by atoms with van der Waals surface area (Å²) in [6.45, 7) is 4.79. The second kappa shape index (κ2) is 10.1. The fourth-order valence-electron chi connectivity index (χ4n) is 3.67. The molecule has 7 heteroatoms. The van der Waals surface area contributed by atoms with Crippen molar-refractivity contribution in [1.29, 1.82) is 0 Å². The summed E-state index contributed by atoms with van der Waals surface area (Å²) in [6, 6.07) is 12.9. The first-order valence-electron chi connectivity index (χ1n) is 10.2. The lowest BCUT2D eigenvalue weighted by molar-refractivity contribution is -0.123. The summed E-state index contributed by atoms with van der Waals surface area (Å²) in [5.41, 5.74) is 7.79. The van der Waals surface area contributed by atoms with E-state index < -0.39 is 0 Å². The molecule has 30 heavy (non-hydrogen) atoms. The van der Waals surface area contributed by atoms with E-state index in [9.17, 15) is 9.59 Å². The molecule has 1 fully saturated rings. The van der Waals surface area contributed by atoms with Crippen LogP contribution in [0.4, 0.5) is 5.69 Å². The number of methoxy groups -OCH3 is 1. The van der Waals surface area contributed by atoms with Crippen LogP contribution >= 0.6 is 0 Å². The molecule has 1 saturated heterocycles. The number of hydrogen-bond acceptors (Lipinski definition) is 5. The highest BCUT2D eigenvalue weighted by Gasteiger charge is 2.23. The number of rotatable bonds is 8. The van der Waals surface area contributed by atoms with Crippen molar-refractivity contribution in [2.24, 2.45) is 11.7 Å². The second-order valence-electron chi connectivity index (χ2n) is 7.43. The molecule has 160 valence electrons. The van der Waals surface area contributed by atoms with Crippen molar-refractivity contribution >= 4 is 17.5 Å². The average molecular weight is 412 g/mol. The minimum Gasteiger partial charge on any atom is -0.493 e. The van der Waals surface area contributed by atoms with Gasteiger partial charge in [0.05, 0.1) is 19.6 Å². The molecule has 2 aromatic carbocycles. The van der Waals surface area contributed by atoms with Gasteiger partial charge in [0.25, 0.3) is 5.91 Å². The Balaban J connectivity index is 1.61. The minimum atomic E-state index is -0.219. The molecular formula is C23H29N3O4. The van der Waals surface area contributed by atoms with E-state index in [2.05, 4.69) is 10.2 Å². The zero-order valence-electron chi connectivity index (χ0n) is 17.5. The molecule has 1 heterocycles. The number of carbonyl (C=O) groups is 2. The monoisotopic (exact) mass is 411 g/mol. The van der Waals surface area contributed by atoms with E-state index in [0.717, 1.165) is 31.5 Å². The van der Waals surface area contributed by atoms with E-state index in [-0.39, 0.29) is 17.7 Å². The normalized spacial score (nSPS) is 16.7. The number of nitrogens with zero attached hydrogens (tertiary/aromatic N) is 1. The average Bonchev–Trinajstić information content (AvgIpc) is 2.75. The first-order valence-corrected chi connectivity index (χ1v) is 10.2. The maximum Gasteiger partial charge on any atom is 0.255 e. The molecule has 2 amide bonds. The van der Waals surface area contributed by atoms with Crippen molar-refractivity contribution in [2.75, 3.05) is 32.1 Å². The van der Waals surface area contributed by atoms with E-state index in [1.54, 1.807) is 25.3 Å². The maximum atomic E-state index is 12.6. The number of ether oxygens (including phenoxy) is 2. The van der Waals surface area contributed by atoms with Gasteiger partial charge in [-0.15, -0.1) is 0 Å². The summed E-state index contributed by atoms with van der Waals surface area (Å²) in [5.74, 6) is 0.631. The van der Waals surface area contributed by atoms with Crippen LogP contribution in [0.2, 0.25) is 0 Å². The summed E-state index contributed by atoms with van der Waals surface area (Å²) in [7, 11) is 1.57. The second-order valence-corrected chi connectivity index (χ2v) is 7.43. The molecule has 3 N–H and O–H groups in total. The number of benzene rings is 2. The van der Waals surface area contributed by atoms with Crippen molar-refractivity contribution in [2.45, 2.75) is 26.3 Å². The number of primary amides is 1. The first-order chi connectivity index (χ1) is 14.5. The summed E-state index contributed by atoms with van der Waals surface area (Å²) >= 11 is 0. The highest BCUT2D eigenvalue weighted by molar-refractivity contribution is 6.04. The van der Waals surface area contributed by atoms with Crippen LogP contribution < -0.4 is 20.5 Å². The summed E-state index contributed by atoms with van der Waals surface area (Å²) in [5, 5.41) is 2.91. The van der Waals surface area contributed by atoms with Gasteiger partial charge in [-0.25, -0.2) is 0 Å². The Bertz CT molecular complexity index is 883. The standard InChI is InChI=1S/C23H29N3O4/c1-3-30-21-13-17(8-11-20(21)29-2)23(28)25-19-9-6-16(7-10-19)14-26-12-4-5-18(15-26)22(24)27/h6-11,13,18H,3-5,12,14-15H2,1-2H3,(H2,24,27)(H,25,28). The van der Waals surface area contributed by atoms with Crippen molar-refractivity contribution in [3.05, 3.63) is 53.6 Å². The van der Waals surface area contributed by atoms with Crippen molar-refractivity contribution in [1.82, 2.24) is 4.90 Å². The Labute approximate surface area is 177 Å². The first kappa shape index (κ1) is 21.6. The molecule has 1 atom stereocenters. The van der Waals surface area contributed by atoms with Gasteiger partial charge in [-0.3, -0.25) is 14.5 Å². The van der Waals surface area contributed by atoms with E-state index in [4.69, 9.17) is 15.2 Å². The van der Waals surface area contributed by atoms with E-state index >= 15 is 0 Å². The fraction of sp³-hybridized carbons (Fsp3) is 0.391. The van der Waals surface area contributed by atoms with E-state index in [1.807, 2.05) is 31.2 Å². The van der Waals surface area contributed by atoms with Gasteiger partial charge < -0.3 is 20.5 Å². The SMILES string of the molecule is CCOc1cc(C(=O)Nc2ccc(CN3CCCC(C(N)=O)C3)cc2)ccc1OC. The lowest BCUT2D eigenvalue weighted by atomic mass is 9.97. The topological polar surface area (TPSA) is 93.9 Å². The van der Waals surface area contributed by atoms with E-state index in [0.29, 0.717) is 35.9 Å². The van der Waals surface area contributed by atoms with Gasteiger partial charge in [-0.1, -0.05) is 12.1 Å². The number of piperidine rings is 1. The number of anilines is 1. The van der Waals surface area contributed by atoms with E-state index in [1.165, 1.54) is 0 Å². The summed E-state index contributed by atoms with van der Waals surface area (Å²) in [4.78, 5) is 26.3. The molecule has 1 aliphatic rings. The third-order valence-electron chi connectivity index (χ3n) is 5.25. The molecule has 3 rings (SSSR count). The van der Waals surface area contributed by atoms with Gasteiger partial charge >= 0.3 is 0 Å². The Morgan fingerprint density at radius 2 is 1.93 bits per heavy atom. The molecule has 1 unspecified atom stereocenters. The fourth-order valence-corrected chi connectivity index (χ4v) is 3.67. The van der Waals surface area contributed by atoms with Crippen LogP contribution in [0.3, 0.4) is 0 Å². The van der Waals surface area contributed by atoms with Crippen LogP contribution in [0.25, 0.3) is 0 Å². The molecule has 2 aromatic rings. The molecule has 0 radical (unpaired) electrons. The minimum absolute atomic E-state index is 0.0663. The Morgan fingerprint density at radius 3 is 2.60 bits per heavy atom. The van der Waals surface area contributed by atoms with Crippen LogP contribution in [0, 0.1) is 5.92 Å². The van der Waals surface area contributed by atoms with Crippen molar-refractivity contribution < 1.29 is 19.1 Å². The molecule has 1 aliphatic heterocycles. The number of amides is 2. The summed E-state index contributed by atoms with van der Waals surface area (Å²) < 4.78 is 10.8. The molecule has 0 bridgehead atoms. The number of carbonyl (C=O) groups excluding carboxylic acids is 2.